The largest absolute Gasteiger partial charge is 0.494 e. The Bertz CT molecular complexity index is 584. The van der Waals surface area contributed by atoms with E-state index in [4.69, 9.17) is 10.00 Å². The molecular formula is C15H12FNO. The van der Waals surface area contributed by atoms with Crippen LogP contribution in [0, 0.1) is 17.1 Å². The molecule has 0 bridgehead atoms. The average Bonchev–Trinajstić information content (AvgIpc) is 2.41. The fourth-order valence-electron chi connectivity index (χ4n) is 1.71. The van der Waals surface area contributed by atoms with Crippen molar-refractivity contribution in [2.24, 2.45) is 0 Å². The van der Waals surface area contributed by atoms with E-state index in [9.17, 15) is 4.39 Å². The molecular weight excluding hydrogens is 229 g/mol. The van der Waals surface area contributed by atoms with Gasteiger partial charge >= 0.3 is 0 Å². The van der Waals surface area contributed by atoms with Crippen molar-refractivity contribution in [2.75, 3.05) is 6.61 Å². The summed E-state index contributed by atoms with van der Waals surface area (Å²) in [5.74, 6) is 0.413. The minimum atomic E-state index is -0.335. The number of nitriles is 1. The van der Waals surface area contributed by atoms with Crippen molar-refractivity contribution in [3.05, 3.63) is 53.8 Å². The fourth-order valence-corrected chi connectivity index (χ4v) is 1.71. The van der Waals surface area contributed by atoms with Crippen LogP contribution in [-0.4, -0.2) is 6.61 Å². The van der Waals surface area contributed by atoms with Gasteiger partial charge in [-0.05, 0) is 42.8 Å². The summed E-state index contributed by atoms with van der Waals surface area (Å²) >= 11 is 0. The van der Waals surface area contributed by atoms with E-state index >= 15 is 0 Å². The number of rotatable bonds is 3. The van der Waals surface area contributed by atoms with Crippen molar-refractivity contribution in [3.8, 4) is 22.9 Å². The monoisotopic (exact) mass is 241 g/mol. The molecule has 0 amide bonds. The van der Waals surface area contributed by atoms with E-state index in [0.717, 1.165) is 11.3 Å². The zero-order chi connectivity index (χ0) is 13.0. The molecule has 0 unspecified atom stereocenters. The molecule has 0 saturated heterocycles. The Morgan fingerprint density at radius 3 is 2.50 bits per heavy atom. The Balaban J connectivity index is 2.39. The Kier molecular flexibility index (Phi) is 3.59. The van der Waals surface area contributed by atoms with Gasteiger partial charge in [-0.25, -0.2) is 4.39 Å². The molecule has 18 heavy (non-hydrogen) atoms. The van der Waals surface area contributed by atoms with Crippen LogP contribution in [0.5, 0.6) is 5.75 Å². The minimum Gasteiger partial charge on any atom is -0.494 e. The lowest BCUT2D eigenvalue weighted by Gasteiger charge is -2.06. The second-order valence-electron chi connectivity index (χ2n) is 3.76. The maximum Gasteiger partial charge on any atom is 0.131 e. The van der Waals surface area contributed by atoms with Gasteiger partial charge in [-0.15, -0.1) is 0 Å². The van der Waals surface area contributed by atoms with Crippen LogP contribution in [0.25, 0.3) is 11.1 Å². The van der Waals surface area contributed by atoms with Crippen LogP contribution < -0.4 is 4.74 Å². The molecule has 0 heterocycles. The van der Waals surface area contributed by atoms with Gasteiger partial charge < -0.3 is 4.74 Å². The average molecular weight is 241 g/mol. The molecule has 0 aromatic heterocycles. The molecule has 0 fully saturated rings. The molecule has 2 nitrogen and oxygen atoms in total. The fraction of sp³-hybridized carbons (Fsp3) is 0.133. The second-order valence-corrected chi connectivity index (χ2v) is 3.76. The van der Waals surface area contributed by atoms with Crippen molar-refractivity contribution in [3.63, 3.8) is 0 Å². The summed E-state index contributed by atoms with van der Waals surface area (Å²) in [7, 11) is 0. The Morgan fingerprint density at radius 1 is 1.17 bits per heavy atom. The summed E-state index contributed by atoms with van der Waals surface area (Å²) in [4.78, 5) is 0. The lowest BCUT2D eigenvalue weighted by atomic mass is 10.0. The van der Waals surface area contributed by atoms with Gasteiger partial charge in [0.25, 0.3) is 0 Å². The molecule has 3 heteroatoms. The second kappa shape index (κ2) is 5.33. The Hall–Kier alpha value is -2.34. The molecule has 0 aliphatic rings. The van der Waals surface area contributed by atoms with E-state index in [2.05, 4.69) is 0 Å². The van der Waals surface area contributed by atoms with Gasteiger partial charge in [-0.1, -0.05) is 12.1 Å². The topological polar surface area (TPSA) is 33.0 Å². The van der Waals surface area contributed by atoms with Crippen LogP contribution in [0.2, 0.25) is 0 Å². The first-order chi connectivity index (χ1) is 8.74. The maximum atomic E-state index is 13.7. The lowest BCUT2D eigenvalue weighted by Crippen LogP contribution is -1.91. The van der Waals surface area contributed by atoms with E-state index in [-0.39, 0.29) is 5.82 Å². The molecule has 2 rings (SSSR count). The van der Waals surface area contributed by atoms with E-state index in [1.54, 1.807) is 30.3 Å². The molecule has 0 N–H and O–H groups in total. The third-order valence-electron chi connectivity index (χ3n) is 2.57. The van der Waals surface area contributed by atoms with E-state index in [1.807, 2.05) is 13.0 Å². The third-order valence-corrected chi connectivity index (χ3v) is 2.57. The summed E-state index contributed by atoms with van der Waals surface area (Å²) in [5.41, 5.74) is 1.60. The quantitative estimate of drug-likeness (QED) is 0.819. The number of ether oxygens (including phenoxy) is 1. The van der Waals surface area contributed by atoms with E-state index in [1.165, 1.54) is 12.1 Å². The summed E-state index contributed by atoms with van der Waals surface area (Å²) in [6, 6.07) is 13.5. The van der Waals surface area contributed by atoms with Gasteiger partial charge in [0.1, 0.15) is 11.6 Å². The van der Waals surface area contributed by atoms with Crippen molar-refractivity contribution >= 4 is 0 Å². The van der Waals surface area contributed by atoms with E-state index in [0.29, 0.717) is 17.7 Å². The highest BCUT2D eigenvalue weighted by molar-refractivity contribution is 5.66. The molecule has 90 valence electrons. The van der Waals surface area contributed by atoms with Gasteiger partial charge in [0.2, 0.25) is 0 Å². The first-order valence-electron chi connectivity index (χ1n) is 5.67. The van der Waals surface area contributed by atoms with Crippen LogP contribution in [0.4, 0.5) is 4.39 Å². The molecule has 2 aromatic rings. The van der Waals surface area contributed by atoms with Crippen LogP contribution in [0.15, 0.2) is 42.5 Å². The third kappa shape index (κ3) is 2.49. The molecule has 0 radical (unpaired) electrons. The summed E-state index contributed by atoms with van der Waals surface area (Å²) in [5, 5.41) is 8.82. The lowest BCUT2D eigenvalue weighted by molar-refractivity contribution is 0.340. The number of nitrogens with zero attached hydrogens (tertiary/aromatic N) is 1. The van der Waals surface area contributed by atoms with Crippen LogP contribution in [0.3, 0.4) is 0 Å². The highest BCUT2D eigenvalue weighted by Crippen LogP contribution is 2.25. The Labute approximate surface area is 105 Å². The number of halogens is 1. The standard InChI is InChI=1S/C15H12FNO/c1-2-18-13-6-4-12(5-7-13)14-9-11(10-17)3-8-15(14)16/h3-9H,2H2,1H3. The predicted octanol–water partition coefficient (Wildman–Crippen LogP) is 3.76. The molecule has 0 spiro atoms. The van der Waals surface area contributed by atoms with E-state index < -0.39 is 0 Å². The minimum absolute atomic E-state index is 0.335. The zero-order valence-electron chi connectivity index (χ0n) is 9.98. The van der Waals surface area contributed by atoms with Gasteiger partial charge in [0, 0.05) is 5.56 Å². The molecule has 0 saturated carbocycles. The van der Waals surface area contributed by atoms with Gasteiger partial charge in [0.15, 0.2) is 0 Å². The van der Waals surface area contributed by atoms with Crippen molar-refractivity contribution in [1.29, 1.82) is 5.26 Å². The van der Waals surface area contributed by atoms with Crippen molar-refractivity contribution in [1.82, 2.24) is 0 Å². The van der Waals surface area contributed by atoms with Gasteiger partial charge in [0.05, 0.1) is 18.2 Å². The summed E-state index contributed by atoms with van der Waals surface area (Å²) in [6.45, 7) is 2.50. The van der Waals surface area contributed by atoms with Crippen molar-refractivity contribution in [2.45, 2.75) is 6.92 Å². The zero-order valence-corrected chi connectivity index (χ0v) is 9.98. The highest BCUT2D eigenvalue weighted by atomic mass is 19.1. The first kappa shape index (κ1) is 12.1. The van der Waals surface area contributed by atoms with Crippen LogP contribution in [0.1, 0.15) is 12.5 Å². The van der Waals surface area contributed by atoms with Crippen molar-refractivity contribution < 1.29 is 9.13 Å². The Morgan fingerprint density at radius 2 is 1.89 bits per heavy atom. The number of benzene rings is 2. The number of hydrogen-bond donors (Lipinski definition) is 0. The van der Waals surface area contributed by atoms with Crippen LogP contribution >= 0.6 is 0 Å². The summed E-state index contributed by atoms with van der Waals surface area (Å²) in [6.07, 6.45) is 0. The smallest absolute Gasteiger partial charge is 0.131 e. The highest BCUT2D eigenvalue weighted by Gasteiger charge is 2.06. The van der Waals surface area contributed by atoms with Gasteiger partial charge in [-0.2, -0.15) is 5.26 Å². The SMILES string of the molecule is CCOc1ccc(-c2cc(C#N)ccc2F)cc1. The van der Waals surface area contributed by atoms with Gasteiger partial charge in [-0.3, -0.25) is 0 Å². The molecule has 0 atom stereocenters. The molecule has 2 aromatic carbocycles. The molecule has 0 aliphatic heterocycles. The first-order valence-corrected chi connectivity index (χ1v) is 5.67. The summed E-state index contributed by atoms with van der Waals surface area (Å²) < 4.78 is 19.0. The molecule has 0 aliphatic carbocycles. The number of hydrogen-bond acceptors (Lipinski definition) is 2. The van der Waals surface area contributed by atoms with Crippen LogP contribution in [-0.2, 0) is 0 Å². The normalized spacial score (nSPS) is 9.83. The predicted molar refractivity (Wildman–Crippen MR) is 67.7 cm³/mol. The maximum absolute atomic E-state index is 13.7.